The molecule has 134 valence electrons. The van der Waals surface area contributed by atoms with Crippen molar-refractivity contribution in [3.8, 4) is 22.2 Å². The quantitative estimate of drug-likeness (QED) is 0.657. The molecule has 3 heterocycles. The SMILES string of the molecule is O=C(Cn1c(-c2cccs2)n[nH]c1=S)NCC1COc2ccccc2O1. The molecule has 0 saturated heterocycles. The number of nitrogens with one attached hydrogen (secondary N) is 2. The molecule has 26 heavy (non-hydrogen) atoms. The van der Waals surface area contributed by atoms with Crippen LogP contribution >= 0.6 is 23.6 Å². The van der Waals surface area contributed by atoms with E-state index in [0.29, 0.717) is 29.5 Å². The van der Waals surface area contributed by atoms with E-state index >= 15 is 0 Å². The van der Waals surface area contributed by atoms with E-state index in [-0.39, 0.29) is 18.6 Å². The molecule has 3 aromatic rings. The van der Waals surface area contributed by atoms with Gasteiger partial charge in [-0.05, 0) is 35.8 Å². The number of rotatable bonds is 5. The maximum atomic E-state index is 12.4. The zero-order valence-corrected chi connectivity index (χ0v) is 15.3. The molecule has 2 aromatic heterocycles. The molecule has 7 nitrogen and oxygen atoms in total. The normalized spacial score (nSPS) is 15.6. The molecule has 1 unspecified atom stereocenters. The van der Waals surface area contributed by atoms with Crippen LogP contribution in [0.4, 0.5) is 0 Å². The van der Waals surface area contributed by atoms with Gasteiger partial charge < -0.3 is 14.8 Å². The summed E-state index contributed by atoms with van der Waals surface area (Å²) in [5.41, 5.74) is 0. The van der Waals surface area contributed by atoms with Gasteiger partial charge in [0, 0.05) is 0 Å². The Bertz CT molecular complexity index is 965. The number of ether oxygens (including phenoxy) is 2. The molecule has 1 atom stereocenters. The average molecular weight is 388 g/mol. The van der Waals surface area contributed by atoms with Crippen molar-refractivity contribution in [2.75, 3.05) is 13.2 Å². The van der Waals surface area contributed by atoms with Gasteiger partial charge in [0.1, 0.15) is 19.3 Å². The van der Waals surface area contributed by atoms with Crippen molar-refractivity contribution >= 4 is 29.5 Å². The van der Waals surface area contributed by atoms with E-state index in [0.717, 1.165) is 10.6 Å². The fourth-order valence-electron chi connectivity index (χ4n) is 2.65. The second kappa shape index (κ2) is 7.30. The Morgan fingerprint density at radius 2 is 2.19 bits per heavy atom. The first-order chi connectivity index (χ1) is 12.7. The van der Waals surface area contributed by atoms with Gasteiger partial charge in [-0.15, -0.1) is 11.3 Å². The fraction of sp³-hybridized carbons (Fsp3) is 0.235. The highest BCUT2D eigenvalue weighted by molar-refractivity contribution is 7.71. The molecule has 0 fully saturated rings. The smallest absolute Gasteiger partial charge is 0.240 e. The summed E-state index contributed by atoms with van der Waals surface area (Å²) in [5, 5.41) is 11.8. The molecular formula is C17H16N4O3S2. The van der Waals surface area contributed by atoms with Crippen LogP contribution in [0.15, 0.2) is 41.8 Å². The number of benzene rings is 1. The Labute approximate surface area is 158 Å². The minimum absolute atomic E-state index is 0.0900. The van der Waals surface area contributed by atoms with Crippen LogP contribution in [0.3, 0.4) is 0 Å². The molecule has 4 rings (SSSR count). The largest absolute Gasteiger partial charge is 0.486 e. The number of aromatic amines is 1. The molecule has 1 amide bonds. The third kappa shape index (κ3) is 3.49. The second-order valence-corrected chi connectivity index (χ2v) is 7.05. The first-order valence-corrected chi connectivity index (χ1v) is 9.34. The Hall–Kier alpha value is -2.65. The average Bonchev–Trinajstić information content (AvgIpc) is 3.30. The number of amides is 1. The Balaban J connectivity index is 1.37. The van der Waals surface area contributed by atoms with Gasteiger partial charge in [-0.3, -0.25) is 14.5 Å². The first-order valence-electron chi connectivity index (χ1n) is 8.05. The van der Waals surface area contributed by atoms with E-state index in [1.54, 1.807) is 15.9 Å². The third-order valence-electron chi connectivity index (χ3n) is 3.90. The zero-order valence-electron chi connectivity index (χ0n) is 13.7. The molecule has 1 aliphatic heterocycles. The van der Waals surface area contributed by atoms with Crippen molar-refractivity contribution in [2.45, 2.75) is 12.6 Å². The number of fused-ring (bicyclic) bond motifs is 1. The number of thiophene rings is 1. The van der Waals surface area contributed by atoms with E-state index in [9.17, 15) is 4.79 Å². The van der Waals surface area contributed by atoms with Gasteiger partial charge in [0.15, 0.2) is 22.1 Å². The highest BCUT2D eigenvalue weighted by Crippen LogP contribution is 2.30. The second-order valence-electron chi connectivity index (χ2n) is 5.72. The summed E-state index contributed by atoms with van der Waals surface area (Å²) in [6.45, 7) is 0.836. The number of aromatic nitrogens is 3. The van der Waals surface area contributed by atoms with Gasteiger partial charge in [0.25, 0.3) is 0 Å². The van der Waals surface area contributed by atoms with Crippen molar-refractivity contribution in [2.24, 2.45) is 0 Å². The monoisotopic (exact) mass is 388 g/mol. The molecule has 0 saturated carbocycles. The number of para-hydroxylation sites is 2. The van der Waals surface area contributed by atoms with Crippen LogP contribution in [0.5, 0.6) is 11.5 Å². The summed E-state index contributed by atoms with van der Waals surface area (Å²) in [6, 6.07) is 11.4. The number of H-pyrrole nitrogens is 1. The third-order valence-corrected chi connectivity index (χ3v) is 5.07. The minimum Gasteiger partial charge on any atom is -0.486 e. The summed E-state index contributed by atoms with van der Waals surface area (Å²) in [7, 11) is 0. The molecule has 0 aliphatic carbocycles. The van der Waals surface area contributed by atoms with Gasteiger partial charge in [-0.2, -0.15) is 5.10 Å². The lowest BCUT2D eigenvalue weighted by Gasteiger charge is -2.26. The topological polar surface area (TPSA) is 81.2 Å². The number of hydrogen-bond acceptors (Lipinski definition) is 6. The Kier molecular flexibility index (Phi) is 4.72. The highest BCUT2D eigenvalue weighted by atomic mass is 32.1. The molecule has 0 spiro atoms. The van der Waals surface area contributed by atoms with Crippen molar-refractivity contribution in [1.29, 1.82) is 0 Å². The predicted molar refractivity (Wildman–Crippen MR) is 100 cm³/mol. The Morgan fingerprint density at radius 1 is 1.35 bits per heavy atom. The summed E-state index contributed by atoms with van der Waals surface area (Å²) in [6.07, 6.45) is -0.233. The van der Waals surface area contributed by atoms with E-state index in [1.165, 1.54) is 0 Å². The maximum absolute atomic E-state index is 12.4. The van der Waals surface area contributed by atoms with Crippen molar-refractivity contribution in [3.63, 3.8) is 0 Å². The Morgan fingerprint density at radius 3 is 3.00 bits per heavy atom. The molecule has 2 N–H and O–H groups in total. The number of hydrogen-bond donors (Lipinski definition) is 2. The van der Waals surface area contributed by atoms with Crippen LogP contribution in [0.25, 0.3) is 10.7 Å². The van der Waals surface area contributed by atoms with E-state index in [1.807, 2.05) is 41.8 Å². The standard InChI is InChI=1S/C17H16N4O3S2/c22-15(9-21-16(19-20-17(21)25)14-6-3-7-26-14)18-8-11-10-23-12-4-1-2-5-13(12)24-11/h1-7,11H,8-10H2,(H,18,22)(H,20,25). The summed E-state index contributed by atoms with van der Waals surface area (Å²) >= 11 is 6.79. The highest BCUT2D eigenvalue weighted by Gasteiger charge is 2.21. The van der Waals surface area contributed by atoms with Crippen molar-refractivity contribution in [3.05, 3.63) is 46.5 Å². The maximum Gasteiger partial charge on any atom is 0.240 e. The van der Waals surface area contributed by atoms with Gasteiger partial charge >= 0.3 is 0 Å². The van der Waals surface area contributed by atoms with Crippen LogP contribution in [-0.4, -0.2) is 39.9 Å². The van der Waals surface area contributed by atoms with Crippen LogP contribution in [-0.2, 0) is 11.3 Å². The zero-order chi connectivity index (χ0) is 17.9. The first kappa shape index (κ1) is 16.8. The van der Waals surface area contributed by atoms with Crippen LogP contribution < -0.4 is 14.8 Å². The summed E-state index contributed by atoms with van der Waals surface area (Å²) in [4.78, 5) is 13.3. The lowest BCUT2D eigenvalue weighted by molar-refractivity contribution is -0.122. The van der Waals surface area contributed by atoms with Crippen LogP contribution in [0.1, 0.15) is 0 Å². The van der Waals surface area contributed by atoms with Crippen molar-refractivity contribution in [1.82, 2.24) is 20.1 Å². The summed E-state index contributed by atoms with van der Waals surface area (Å²) in [5.74, 6) is 1.91. The van der Waals surface area contributed by atoms with Gasteiger partial charge in [0.05, 0.1) is 11.4 Å². The van der Waals surface area contributed by atoms with Crippen molar-refractivity contribution < 1.29 is 14.3 Å². The van der Waals surface area contributed by atoms with Gasteiger partial charge in [-0.25, -0.2) is 0 Å². The number of nitrogens with zero attached hydrogens (tertiary/aromatic N) is 2. The molecule has 9 heteroatoms. The van der Waals surface area contributed by atoms with E-state index in [4.69, 9.17) is 21.7 Å². The van der Waals surface area contributed by atoms with E-state index in [2.05, 4.69) is 15.5 Å². The lowest BCUT2D eigenvalue weighted by Crippen LogP contribution is -2.41. The lowest BCUT2D eigenvalue weighted by atomic mass is 10.2. The molecule has 0 bridgehead atoms. The number of carbonyl (C=O) groups is 1. The predicted octanol–water partition coefficient (Wildman–Crippen LogP) is 2.63. The fourth-order valence-corrected chi connectivity index (χ4v) is 3.57. The van der Waals surface area contributed by atoms with Gasteiger partial charge in [0.2, 0.25) is 5.91 Å². The molecule has 0 radical (unpaired) electrons. The van der Waals surface area contributed by atoms with Crippen LogP contribution in [0, 0.1) is 4.77 Å². The minimum atomic E-state index is -0.233. The summed E-state index contributed by atoms with van der Waals surface area (Å²) < 4.78 is 13.6. The molecular weight excluding hydrogens is 372 g/mol. The van der Waals surface area contributed by atoms with Gasteiger partial charge in [-0.1, -0.05) is 18.2 Å². The van der Waals surface area contributed by atoms with E-state index < -0.39 is 0 Å². The molecule has 1 aromatic carbocycles. The van der Waals surface area contributed by atoms with Crippen LogP contribution in [0.2, 0.25) is 0 Å². The number of carbonyl (C=O) groups excluding carboxylic acids is 1. The molecule has 1 aliphatic rings.